The van der Waals surface area contributed by atoms with E-state index in [2.05, 4.69) is 4.90 Å². The average molecular weight is 295 g/mol. The number of hydrogen-bond donors (Lipinski definition) is 0. The first-order chi connectivity index (χ1) is 9.90. The second-order valence-corrected chi connectivity index (χ2v) is 5.40. The minimum atomic E-state index is -0.934. The molecule has 1 atom stereocenters. The largest absolute Gasteiger partial charge is 0.337 e. The highest BCUT2D eigenvalue weighted by Crippen LogP contribution is 2.21. The van der Waals surface area contributed by atoms with Crippen molar-refractivity contribution in [1.29, 1.82) is 0 Å². The molecule has 1 aromatic rings. The number of amides is 1. The number of benzene rings is 1. The summed E-state index contributed by atoms with van der Waals surface area (Å²) >= 11 is 0. The molecule has 21 heavy (non-hydrogen) atoms. The lowest BCUT2D eigenvalue weighted by Gasteiger charge is -2.35. The van der Waals surface area contributed by atoms with E-state index in [9.17, 15) is 19.3 Å². The number of carbonyl (C=O) groups excluding carboxylic acids is 1. The van der Waals surface area contributed by atoms with E-state index in [0.717, 1.165) is 38.1 Å². The van der Waals surface area contributed by atoms with Gasteiger partial charge in [-0.05, 0) is 38.6 Å². The molecule has 2 rings (SSSR count). The second-order valence-electron chi connectivity index (χ2n) is 5.40. The lowest BCUT2D eigenvalue weighted by Crippen LogP contribution is -2.47. The van der Waals surface area contributed by atoms with Gasteiger partial charge in [-0.25, -0.2) is 0 Å². The molecule has 0 aliphatic carbocycles. The zero-order valence-corrected chi connectivity index (χ0v) is 12.1. The third-order valence-corrected chi connectivity index (χ3v) is 3.86. The van der Waals surface area contributed by atoms with Crippen molar-refractivity contribution in [2.45, 2.75) is 18.9 Å². The van der Waals surface area contributed by atoms with E-state index in [-0.39, 0.29) is 17.5 Å². The molecule has 1 fully saturated rings. The van der Waals surface area contributed by atoms with E-state index >= 15 is 0 Å². The van der Waals surface area contributed by atoms with Crippen LogP contribution in [-0.2, 0) is 0 Å². The van der Waals surface area contributed by atoms with Crippen LogP contribution in [0.2, 0.25) is 0 Å². The van der Waals surface area contributed by atoms with Crippen molar-refractivity contribution in [1.82, 2.24) is 9.80 Å². The smallest absolute Gasteiger partial charge is 0.305 e. The zero-order valence-electron chi connectivity index (χ0n) is 12.1. The monoisotopic (exact) mass is 295 g/mol. The van der Waals surface area contributed by atoms with Crippen molar-refractivity contribution in [2.75, 3.05) is 27.2 Å². The number of rotatable bonds is 3. The molecule has 1 saturated heterocycles. The molecule has 0 aromatic heterocycles. The van der Waals surface area contributed by atoms with Crippen molar-refractivity contribution in [3.63, 3.8) is 0 Å². The van der Waals surface area contributed by atoms with Gasteiger partial charge < -0.3 is 9.80 Å². The van der Waals surface area contributed by atoms with E-state index in [4.69, 9.17) is 0 Å². The summed E-state index contributed by atoms with van der Waals surface area (Å²) in [6.45, 7) is 1.77. The van der Waals surface area contributed by atoms with E-state index in [1.807, 2.05) is 7.05 Å². The summed E-state index contributed by atoms with van der Waals surface area (Å²) in [6.07, 6.45) is 1.90. The van der Waals surface area contributed by atoms with Gasteiger partial charge in [-0.1, -0.05) is 0 Å². The van der Waals surface area contributed by atoms with Crippen molar-refractivity contribution in [2.24, 2.45) is 0 Å². The summed E-state index contributed by atoms with van der Waals surface area (Å²) in [5.41, 5.74) is -0.533. The van der Waals surface area contributed by atoms with Gasteiger partial charge in [0, 0.05) is 31.3 Å². The Morgan fingerprint density at radius 3 is 2.86 bits per heavy atom. The maximum atomic E-state index is 13.3. The predicted octanol–water partition coefficient (Wildman–Crippen LogP) is 1.90. The maximum Gasteiger partial charge on any atom is 0.305 e. The van der Waals surface area contributed by atoms with Crippen LogP contribution in [-0.4, -0.2) is 53.9 Å². The molecule has 0 N–H and O–H groups in total. The average Bonchev–Trinajstić information content (AvgIpc) is 2.46. The van der Waals surface area contributed by atoms with Gasteiger partial charge in [-0.3, -0.25) is 14.9 Å². The molecular weight excluding hydrogens is 277 g/mol. The Kier molecular flexibility index (Phi) is 4.52. The van der Waals surface area contributed by atoms with E-state index in [1.165, 1.54) is 6.07 Å². The molecule has 1 aliphatic rings. The topological polar surface area (TPSA) is 66.7 Å². The lowest BCUT2D eigenvalue weighted by molar-refractivity contribution is -0.387. The Hall–Kier alpha value is -2.02. The summed E-state index contributed by atoms with van der Waals surface area (Å²) in [7, 11) is 3.68. The molecule has 6 nitrogen and oxygen atoms in total. The predicted molar refractivity (Wildman–Crippen MR) is 75.7 cm³/mol. The molecular formula is C14H18FN3O3. The number of hydrogen-bond acceptors (Lipinski definition) is 4. The fraction of sp³-hybridized carbons (Fsp3) is 0.500. The fourth-order valence-corrected chi connectivity index (χ4v) is 2.61. The maximum absolute atomic E-state index is 13.3. The van der Waals surface area contributed by atoms with Gasteiger partial charge in [-0.2, -0.15) is 4.39 Å². The molecule has 1 heterocycles. The third kappa shape index (κ3) is 3.36. The quantitative estimate of drug-likeness (QED) is 0.631. The normalized spacial score (nSPS) is 19.3. The van der Waals surface area contributed by atoms with E-state index in [0.29, 0.717) is 0 Å². The van der Waals surface area contributed by atoms with Crippen LogP contribution >= 0.6 is 0 Å². The highest BCUT2D eigenvalue weighted by Gasteiger charge is 2.26. The fourth-order valence-electron chi connectivity index (χ4n) is 2.61. The van der Waals surface area contributed by atoms with E-state index in [1.54, 1.807) is 11.9 Å². The lowest BCUT2D eigenvalue weighted by atomic mass is 10.0. The zero-order chi connectivity index (χ0) is 15.6. The molecule has 0 spiro atoms. The highest BCUT2D eigenvalue weighted by molar-refractivity contribution is 5.94. The molecule has 7 heteroatoms. The Morgan fingerprint density at radius 1 is 1.52 bits per heavy atom. The number of halogens is 1. The summed E-state index contributed by atoms with van der Waals surface area (Å²) in [4.78, 5) is 26.1. The first-order valence-electron chi connectivity index (χ1n) is 6.80. The number of likely N-dealkylation sites (N-methyl/N-ethyl adjacent to an activating group) is 2. The van der Waals surface area contributed by atoms with Crippen LogP contribution in [0.4, 0.5) is 10.1 Å². The molecule has 1 amide bonds. The van der Waals surface area contributed by atoms with Crippen molar-refractivity contribution in [3.8, 4) is 0 Å². The van der Waals surface area contributed by atoms with Crippen molar-refractivity contribution >= 4 is 11.6 Å². The number of nitro benzene ring substituents is 1. The molecule has 0 saturated carbocycles. The van der Waals surface area contributed by atoms with Gasteiger partial charge in [0.1, 0.15) is 0 Å². The standard InChI is InChI=1S/C14H18FN3O3/c1-16-7-3-4-11(9-16)17(2)14(19)10-5-6-12(15)13(8-10)18(20)21/h5-6,8,11H,3-4,7,9H2,1-2H3. The molecule has 114 valence electrons. The SMILES string of the molecule is CN1CCCC(N(C)C(=O)c2ccc(F)c([N+](=O)[O-])c2)C1. The van der Waals surface area contributed by atoms with Gasteiger partial charge in [0.25, 0.3) is 5.91 Å². The van der Waals surface area contributed by atoms with Gasteiger partial charge in [0.05, 0.1) is 4.92 Å². The molecule has 1 unspecified atom stereocenters. The number of nitrogens with zero attached hydrogens (tertiary/aromatic N) is 3. The Labute approximate surface area is 122 Å². The Bertz CT molecular complexity index is 564. The van der Waals surface area contributed by atoms with Gasteiger partial charge >= 0.3 is 5.69 Å². The minimum absolute atomic E-state index is 0.0698. The first kappa shape index (κ1) is 15.4. The van der Waals surface area contributed by atoms with Crippen molar-refractivity contribution in [3.05, 3.63) is 39.7 Å². The number of likely N-dealkylation sites (tertiary alicyclic amines) is 1. The summed E-state index contributed by atoms with van der Waals surface area (Å²) < 4.78 is 13.3. The first-order valence-corrected chi connectivity index (χ1v) is 6.80. The van der Waals surface area contributed by atoms with Gasteiger partial charge in [0.15, 0.2) is 0 Å². The van der Waals surface area contributed by atoms with Crippen LogP contribution in [0.15, 0.2) is 18.2 Å². The number of piperidine rings is 1. The molecule has 1 aliphatic heterocycles. The van der Waals surface area contributed by atoms with Crippen LogP contribution < -0.4 is 0 Å². The van der Waals surface area contributed by atoms with Crippen molar-refractivity contribution < 1.29 is 14.1 Å². The summed E-state index contributed by atoms with van der Waals surface area (Å²) in [5.74, 6) is -1.25. The molecule has 1 aromatic carbocycles. The third-order valence-electron chi connectivity index (χ3n) is 3.86. The van der Waals surface area contributed by atoms with Crippen LogP contribution in [0.5, 0.6) is 0 Å². The molecule has 0 radical (unpaired) electrons. The minimum Gasteiger partial charge on any atom is -0.337 e. The van der Waals surface area contributed by atoms with Gasteiger partial charge in [-0.15, -0.1) is 0 Å². The number of nitro groups is 1. The van der Waals surface area contributed by atoms with Crippen LogP contribution in [0.3, 0.4) is 0 Å². The highest BCUT2D eigenvalue weighted by atomic mass is 19.1. The second kappa shape index (κ2) is 6.17. The van der Waals surface area contributed by atoms with E-state index < -0.39 is 16.4 Å². The number of carbonyl (C=O) groups is 1. The summed E-state index contributed by atoms with van der Waals surface area (Å²) in [6, 6.07) is 3.32. The van der Waals surface area contributed by atoms with Crippen LogP contribution in [0.25, 0.3) is 0 Å². The van der Waals surface area contributed by atoms with Gasteiger partial charge in [0.2, 0.25) is 5.82 Å². The van der Waals surface area contributed by atoms with Crippen LogP contribution in [0.1, 0.15) is 23.2 Å². The Balaban J connectivity index is 2.19. The van der Waals surface area contributed by atoms with Crippen LogP contribution in [0, 0.1) is 15.9 Å². The summed E-state index contributed by atoms with van der Waals surface area (Å²) in [5, 5.41) is 10.7. The Morgan fingerprint density at radius 2 is 2.24 bits per heavy atom. The molecule has 0 bridgehead atoms.